The quantitative estimate of drug-likeness (QED) is 0.673. The molecule has 100 valence electrons. The lowest BCUT2D eigenvalue weighted by atomic mass is 10.0. The Hall–Kier alpha value is -1.27. The first kappa shape index (κ1) is 13.2. The number of nitrogens with one attached hydrogen (secondary N) is 1. The normalized spacial score (nSPS) is 29.4. The molecule has 6 heteroatoms. The third-order valence-electron chi connectivity index (χ3n) is 3.48. The van der Waals surface area contributed by atoms with Gasteiger partial charge in [-0.05, 0) is 12.8 Å². The highest BCUT2D eigenvalue weighted by Gasteiger charge is 2.35. The zero-order chi connectivity index (χ0) is 13.1. The smallest absolute Gasteiger partial charge is 0.243 e. The summed E-state index contributed by atoms with van der Waals surface area (Å²) in [7, 11) is 0. The fraction of sp³-hybridized carbons (Fsp3) is 0.750. The minimum atomic E-state index is -0.381. The van der Waals surface area contributed by atoms with Gasteiger partial charge in [-0.2, -0.15) is 0 Å². The number of ether oxygens (including phenoxy) is 1. The number of imide groups is 1. The van der Waals surface area contributed by atoms with Crippen LogP contribution >= 0.6 is 0 Å². The van der Waals surface area contributed by atoms with Crippen molar-refractivity contribution < 1.29 is 19.1 Å². The Morgan fingerprint density at radius 1 is 1.50 bits per heavy atom. The molecule has 2 amide bonds. The van der Waals surface area contributed by atoms with Crippen LogP contribution in [-0.2, 0) is 19.1 Å². The maximum atomic E-state index is 12.0. The Kier molecular flexibility index (Phi) is 4.08. The Morgan fingerprint density at radius 2 is 2.28 bits per heavy atom. The minimum Gasteiger partial charge on any atom is -0.381 e. The number of piperazine rings is 1. The van der Waals surface area contributed by atoms with E-state index in [4.69, 9.17) is 4.74 Å². The summed E-state index contributed by atoms with van der Waals surface area (Å²) in [6.45, 7) is 3.22. The third kappa shape index (κ3) is 2.76. The van der Waals surface area contributed by atoms with Gasteiger partial charge in [0.25, 0.3) is 0 Å². The maximum absolute atomic E-state index is 12.0. The highest BCUT2D eigenvalue weighted by molar-refractivity contribution is 6.01. The molecule has 0 bridgehead atoms. The van der Waals surface area contributed by atoms with Crippen molar-refractivity contribution in [2.24, 2.45) is 5.92 Å². The molecule has 0 radical (unpaired) electrons. The van der Waals surface area contributed by atoms with E-state index in [-0.39, 0.29) is 42.6 Å². The van der Waals surface area contributed by atoms with Crippen LogP contribution in [0.2, 0.25) is 0 Å². The standard InChI is InChI=1S/C12H18N2O4/c1-2-9-12(17)13-11(16)6-14(9)5-10(15)8-3-4-18-7-8/h8-9H,2-7H2,1H3,(H,13,16,17). The van der Waals surface area contributed by atoms with Gasteiger partial charge >= 0.3 is 0 Å². The number of rotatable bonds is 4. The number of amides is 2. The summed E-state index contributed by atoms with van der Waals surface area (Å²) in [4.78, 5) is 36.7. The van der Waals surface area contributed by atoms with E-state index in [0.29, 0.717) is 19.6 Å². The Labute approximate surface area is 106 Å². The van der Waals surface area contributed by atoms with Crippen LogP contribution in [0.15, 0.2) is 0 Å². The van der Waals surface area contributed by atoms with Gasteiger partial charge in [0, 0.05) is 12.5 Å². The Bertz CT molecular complexity index is 363. The largest absolute Gasteiger partial charge is 0.381 e. The van der Waals surface area contributed by atoms with Crippen molar-refractivity contribution in [2.45, 2.75) is 25.8 Å². The van der Waals surface area contributed by atoms with Gasteiger partial charge in [0.2, 0.25) is 11.8 Å². The van der Waals surface area contributed by atoms with Crippen molar-refractivity contribution in [1.29, 1.82) is 0 Å². The Balaban J connectivity index is 1.98. The van der Waals surface area contributed by atoms with Gasteiger partial charge in [0.05, 0.1) is 25.7 Å². The van der Waals surface area contributed by atoms with Crippen LogP contribution in [0.1, 0.15) is 19.8 Å². The van der Waals surface area contributed by atoms with E-state index in [1.165, 1.54) is 0 Å². The van der Waals surface area contributed by atoms with E-state index in [0.717, 1.165) is 6.42 Å². The lowest BCUT2D eigenvalue weighted by Crippen LogP contribution is -2.59. The molecule has 0 aromatic rings. The molecule has 0 spiro atoms. The topological polar surface area (TPSA) is 75.7 Å². The van der Waals surface area contributed by atoms with E-state index < -0.39 is 0 Å². The highest BCUT2D eigenvalue weighted by atomic mass is 16.5. The van der Waals surface area contributed by atoms with Crippen molar-refractivity contribution in [1.82, 2.24) is 10.2 Å². The number of hydrogen-bond donors (Lipinski definition) is 1. The summed E-state index contributed by atoms with van der Waals surface area (Å²) >= 11 is 0. The summed E-state index contributed by atoms with van der Waals surface area (Å²) in [6, 6.07) is -0.381. The van der Waals surface area contributed by atoms with Crippen LogP contribution in [0.4, 0.5) is 0 Å². The predicted molar refractivity (Wildman–Crippen MR) is 62.7 cm³/mol. The number of Topliss-reactive ketones (excluding diaryl/α,β-unsaturated/α-hetero) is 1. The highest BCUT2D eigenvalue weighted by Crippen LogP contribution is 2.16. The fourth-order valence-electron chi connectivity index (χ4n) is 2.45. The van der Waals surface area contributed by atoms with Crippen LogP contribution in [0, 0.1) is 5.92 Å². The van der Waals surface area contributed by atoms with Gasteiger partial charge in [-0.3, -0.25) is 24.6 Å². The molecule has 18 heavy (non-hydrogen) atoms. The molecule has 1 N–H and O–H groups in total. The average Bonchev–Trinajstić information content (AvgIpc) is 2.81. The van der Waals surface area contributed by atoms with E-state index >= 15 is 0 Å². The van der Waals surface area contributed by atoms with Crippen molar-refractivity contribution in [3.63, 3.8) is 0 Å². The second-order valence-corrected chi connectivity index (χ2v) is 4.77. The molecule has 0 aromatic carbocycles. The van der Waals surface area contributed by atoms with E-state index in [9.17, 15) is 14.4 Å². The van der Waals surface area contributed by atoms with Crippen molar-refractivity contribution in [3.05, 3.63) is 0 Å². The van der Waals surface area contributed by atoms with E-state index in [1.54, 1.807) is 4.90 Å². The first-order valence-electron chi connectivity index (χ1n) is 6.30. The van der Waals surface area contributed by atoms with Crippen LogP contribution in [0.5, 0.6) is 0 Å². The molecular formula is C12H18N2O4. The van der Waals surface area contributed by atoms with Gasteiger partial charge in [-0.25, -0.2) is 0 Å². The lowest BCUT2D eigenvalue weighted by molar-refractivity contribution is -0.141. The summed E-state index contributed by atoms with van der Waals surface area (Å²) in [6.07, 6.45) is 1.33. The summed E-state index contributed by atoms with van der Waals surface area (Å²) < 4.78 is 5.18. The van der Waals surface area contributed by atoms with E-state index in [1.807, 2.05) is 6.92 Å². The summed E-state index contributed by atoms with van der Waals surface area (Å²) in [5, 5.41) is 2.30. The summed E-state index contributed by atoms with van der Waals surface area (Å²) in [5.74, 6) is -0.652. The third-order valence-corrected chi connectivity index (χ3v) is 3.48. The molecule has 2 saturated heterocycles. The Morgan fingerprint density at radius 3 is 2.89 bits per heavy atom. The molecule has 2 unspecified atom stereocenters. The molecule has 6 nitrogen and oxygen atoms in total. The molecule has 2 fully saturated rings. The van der Waals surface area contributed by atoms with Gasteiger partial charge in [-0.15, -0.1) is 0 Å². The van der Waals surface area contributed by atoms with Crippen LogP contribution < -0.4 is 5.32 Å². The van der Waals surface area contributed by atoms with Crippen molar-refractivity contribution in [3.8, 4) is 0 Å². The van der Waals surface area contributed by atoms with Gasteiger partial charge in [0.1, 0.15) is 0 Å². The second kappa shape index (κ2) is 5.58. The maximum Gasteiger partial charge on any atom is 0.243 e. The molecule has 2 rings (SSSR count). The molecule has 0 aromatic heterocycles. The predicted octanol–water partition coefficient (Wildman–Crippen LogP) is -0.671. The first-order chi connectivity index (χ1) is 8.61. The second-order valence-electron chi connectivity index (χ2n) is 4.77. The van der Waals surface area contributed by atoms with Crippen LogP contribution in [-0.4, -0.2) is 54.8 Å². The molecule has 0 aliphatic carbocycles. The molecule has 0 saturated carbocycles. The molecular weight excluding hydrogens is 236 g/mol. The van der Waals surface area contributed by atoms with Crippen molar-refractivity contribution >= 4 is 17.6 Å². The number of ketones is 1. The van der Waals surface area contributed by atoms with Crippen molar-refractivity contribution in [2.75, 3.05) is 26.3 Å². The molecule has 2 aliphatic rings. The number of carbonyl (C=O) groups is 3. The SMILES string of the molecule is CCC1C(=O)NC(=O)CN1CC(=O)C1CCOC1. The summed E-state index contributed by atoms with van der Waals surface area (Å²) in [5.41, 5.74) is 0. The van der Waals surface area contributed by atoms with E-state index in [2.05, 4.69) is 5.32 Å². The zero-order valence-electron chi connectivity index (χ0n) is 10.5. The monoisotopic (exact) mass is 254 g/mol. The lowest BCUT2D eigenvalue weighted by Gasteiger charge is -2.33. The average molecular weight is 254 g/mol. The zero-order valence-corrected chi connectivity index (χ0v) is 10.5. The van der Waals surface area contributed by atoms with Gasteiger partial charge in [-0.1, -0.05) is 6.92 Å². The van der Waals surface area contributed by atoms with Crippen LogP contribution in [0.3, 0.4) is 0 Å². The molecule has 2 atom stereocenters. The van der Waals surface area contributed by atoms with Crippen LogP contribution in [0.25, 0.3) is 0 Å². The van der Waals surface area contributed by atoms with Gasteiger partial charge < -0.3 is 4.74 Å². The number of nitrogens with zero attached hydrogens (tertiary/aromatic N) is 1. The fourth-order valence-corrected chi connectivity index (χ4v) is 2.45. The molecule has 2 heterocycles. The number of hydrogen-bond acceptors (Lipinski definition) is 5. The van der Waals surface area contributed by atoms with Gasteiger partial charge in [0.15, 0.2) is 5.78 Å². The first-order valence-corrected chi connectivity index (χ1v) is 6.30. The minimum absolute atomic E-state index is 0.0634. The number of carbonyl (C=O) groups excluding carboxylic acids is 3. The molecule has 2 aliphatic heterocycles.